The number of nitrogens with one attached hydrogen (secondary N) is 1. The van der Waals surface area contributed by atoms with Gasteiger partial charge < -0.3 is 9.13 Å². The second-order valence-corrected chi connectivity index (χ2v) is 9.91. The Morgan fingerprint density at radius 3 is 2.05 bits per heavy atom. The fourth-order valence-corrected chi connectivity index (χ4v) is 5.54. The molecule has 7 nitrogen and oxygen atoms in total. The van der Waals surface area contributed by atoms with Crippen LogP contribution in [0.15, 0.2) is 94.0 Å². The van der Waals surface area contributed by atoms with Gasteiger partial charge in [0, 0.05) is 39.2 Å². The van der Waals surface area contributed by atoms with Crippen molar-refractivity contribution in [1.29, 1.82) is 5.41 Å². The molecule has 0 atom stereocenters. The topological polar surface area (TPSA) is 78.3 Å². The lowest BCUT2D eigenvalue weighted by atomic mass is 9.94. The van der Waals surface area contributed by atoms with Crippen molar-refractivity contribution in [3.05, 3.63) is 130 Å². The van der Waals surface area contributed by atoms with E-state index in [4.69, 9.17) is 20.0 Å². The van der Waals surface area contributed by atoms with Crippen LogP contribution in [0, 0.1) is 34.5 Å². The first kappa shape index (κ1) is 25.2. The first-order valence-corrected chi connectivity index (χ1v) is 12.9. The molecule has 0 radical (unpaired) electrons. The highest BCUT2D eigenvalue weighted by Crippen LogP contribution is 2.39. The SMILES string of the molecule is N=C1N=C(/N=C2/c3ccccc3C3=Nc4c5ccccc5cn4B(Oc4c(F)c(F)c(F)c(F)c4F)N32)c2ccccc21. The minimum atomic E-state index is -2.29. The molecule has 0 fully saturated rings. The maximum Gasteiger partial charge on any atom is 0.631 e. The third-order valence-corrected chi connectivity index (χ3v) is 7.51. The van der Waals surface area contributed by atoms with Gasteiger partial charge in [0.15, 0.2) is 17.4 Å². The number of rotatable bonds is 2. The van der Waals surface area contributed by atoms with Crippen LogP contribution in [0.1, 0.15) is 22.3 Å². The van der Waals surface area contributed by atoms with E-state index >= 15 is 8.78 Å². The number of nitrogens with zero attached hydrogens (tertiary/aromatic N) is 5. The Morgan fingerprint density at radius 2 is 1.30 bits per heavy atom. The number of hydrogen-bond donors (Lipinski definition) is 1. The van der Waals surface area contributed by atoms with Gasteiger partial charge in [-0.05, 0) is 0 Å². The van der Waals surface area contributed by atoms with E-state index in [1.807, 2.05) is 0 Å². The van der Waals surface area contributed by atoms with Gasteiger partial charge in [-0.3, -0.25) is 10.2 Å². The summed E-state index contributed by atoms with van der Waals surface area (Å²) in [6, 6.07) is 21.2. The van der Waals surface area contributed by atoms with E-state index in [0.29, 0.717) is 38.8 Å². The van der Waals surface area contributed by atoms with Gasteiger partial charge in [-0.15, -0.1) is 0 Å². The molecule has 1 N–H and O–H groups in total. The second-order valence-electron chi connectivity index (χ2n) is 9.91. The molecule has 3 aliphatic heterocycles. The van der Waals surface area contributed by atoms with Crippen molar-refractivity contribution >= 4 is 47.1 Å². The smallest absolute Gasteiger partial charge is 0.518 e. The highest BCUT2D eigenvalue weighted by Gasteiger charge is 2.49. The zero-order valence-electron chi connectivity index (χ0n) is 21.6. The Balaban J connectivity index is 1.39. The van der Waals surface area contributed by atoms with Gasteiger partial charge in [-0.2, -0.15) is 8.78 Å². The number of aromatic nitrogens is 1. The number of halogens is 5. The zero-order chi connectivity index (χ0) is 29.6. The van der Waals surface area contributed by atoms with Gasteiger partial charge in [0.25, 0.3) is 0 Å². The third kappa shape index (κ3) is 3.47. The van der Waals surface area contributed by atoms with Crippen LogP contribution < -0.4 is 4.65 Å². The third-order valence-electron chi connectivity index (χ3n) is 7.51. The maximum absolute atomic E-state index is 15.0. The summed E-state index contributed by atoms with van der Waals surface area (Å²) in [6.45, 7) is 0. The van der Waals surface area contributed by atoms with Crippen LogP contribution in [0.5, 0.6) is 5.75 Å². The molecule has 4 heterocycles. The van der Waals surface area contributed by atoms with Crippen molar-refractivity contribution in [3.8, 4) is 5.75 Å². The first-order valence-electron chi connectivity index (χ1n) is 12.9. The second kappa shape index (κ2) is 8.96. The predicted molar refractivity (Wildman–Crippen MR) is 151 cm³/mol. The van der Waals surface area contributed by atoms with E-state index in [-0.39, 0.29) is 23.3 Å². The highest BCUT2D eigenvalue weighted by molar-refractivity contribution is 6.61. The van der Waals surface area contributed by atoms with Crippen molar-refractivity contribution in [2.24, 2.45) is 15.0 Å². The molecule has 0 saturated carbocycles. The zero-order valence-corrected chi connectivity index (χ0v) is 21.6. The normalized spacial score (nSPS) is 15.8. The number of amidine groups is 4. The summed E-state index contributed by atoms with van der Waals surface area (Å²) < 4.78 is 79.7. The Kier molecular flexibility index (Phi) is 5.24. The monoisotopic (exact) mass is 580 g/mol. The molecule has 8 rings (SSSR count). The number of fused-ring (bicyclic) bond motifs is 7. The lowest BCUT2D eigenvalue weighted by Gasteiger charge is -2.31. The van der Waals surface area contributed by atoms with Gasteiger partial charge in [0.05, 0.1) is 0 Å². The molecule has 3 aliphatic rings. The van der Waals surface area contributed by atoms with E-state index in [1.165, 1.54) is 9.29 Å². The Bertz CT molecular complexity index is 2150. The van der Waals surface area contributed by atoms with Crippen LogP contribution in [0.25, 0.3) is 10.8 Å². The summed E-state index contributed by atoms with van der Waals surface area (Å²) in [4.78, 5) is 15.4. The van der Waals surface area contributed by atoms with Crippen LogP contribution in [0.4, 0.5) is 27.8 Å². The molecule has 0 unspecified atom stereocenters. The molecular weight excluding hydrogens is 566 g/mol. The molecule has 4 aromatic carbocycles. The quantitative estimate of drug-likeness (QED) is 0.117. The maximum atomic E-state index is 15.0. The molecular formula is C30H14BF5N6O. The van der Waals surface area contributed by atoms with Gasteiger partial charge >= 0.3 is 7.19 Å². The van der Waals surface area contributed by atoms with Crippen molar-refractivity contribution in [2.45, 2.75) is 0 Å². The van der Waals surface area contributed by atoms with Crippen molar-refractivity contribution < 1.29 is 26.6 Å². The molecule has 0 bridgehead atoms. The summed E-state index contributed by atoms with van der Waals surface area (Å²) in [7, 11) is -1.54. The average molecular weight is 580 g/mol. The van der Waals surface area contributed by atoms with Crippen LogP contribution in [0.2, 0.25) is 0 Å². The predicted octanol–water partition coefficient (Wildman–Crippen LogP) is 6.19. The van der Waals surface area contributed by atoms with Gasteiger partial charge in [-0.1, -0.05) is 72.8 Å². The fourth-order valence-electron chi connectivity index (χ4n) is 5.54. The average Bonchev–Trinajstić information content (AvgIpc) is 3.67. The van der Waals surface area contributed by atoms with Crippen LogP contribution >= 0.6 is 0 Å². The molecule has 1 aromatic heterocycles. The summed E-state index contributed by atoms with van der Waals surface area (Å²) in [5.41, 5.74) is 2.30. The Hall–Kier alpha value is -5.59. The van der Waals surface area contributed by atoms with Gasteiger partial charge in [0.2, 0.25) is 29.1 Å². The van der Waals surface area contributed by atoms with Crippen molar-refractivity contribution in [2.75, 3.05) is 0 Å². The molecule has 13 heteroatoms. The molecule has 0 aliphatic carbocycles. The molecule has 208 valence electrons. The number of hydrogen-bond acceptors (Lipinski definition) is 4. The number of benzene rings is 4. The highest BCUT2D eigenvalue weighted by atomic mass is 19.2. The first-order chi connectivity index (χ1) is 20.8. The molecule has 0 spiro atoms. The van der Waals surface area contributed by atoms with Crippen molar-refractivity contribution in [3.63, 3.8) is 0 Å². The summed E-state index contributed by atoms with van der Waals surface area (Å²) >= 11 is 0. The van der Waals surface area contributed by atoms with E-state index in [2.05, 4.69) is 4.99 Å². The number of aliphatic imine (C=N–C) groups is 3. The molecule has 0 saturated heterocycles. The molecule has 0 amide bonds. The lowest BCUT2D eigenvalue weighted by molar-refractivity contribution is 0.342. The van der Waals surface area contributed by atoms with Crippen LogP contribution in [0.3, 0.4) is 0 Å². The van der Waals surface area contributed by atoms with E-state index < -0.39 is 42.0 Å². The standard InChI is InChI=1S/C30H14BF5N6O/c32-20-21(33)23(35)25(24(36)22(20)34)43-31-41-13-14-7-1-2-8-15(14)28(41)40-30-19-12-6-5-11-18(19)29(42(30)31)39-27-17-10-4-3-9-16(17)26(37)38-27/h1-13,37H/b37-26?,39-29-. The van der Waals surface area contributed by atoms with Crippen LogP contribution in [-0.2, 0) is 0 Å². The van der Waals surface area contributed by atoms with Crippen LogP contribution in [-0.4, -0.2) is 39.8 Å². The van der Waals surface area contributed by atoms with Gasteiger partial charge in [0.1, 0.15) is 17.5 Å². The minimum absolute atomic E-state index is 0.00177. The van der Waals surface area contributed by atoms with E-state index in [1.54, 1.807) is 79.0 Å². The molecule has 5 aromatic rings. The van der Waals surface area contributed by atoms with E-state index in [9.17, 15) is 13.2 Å². The Morgan fingerprint density at radius 1 is 0.698 bits per heavy atom. The minimum Gasteiger partial charge on any atom is -0.518 e. The van der Waals surface area contributed by atoms with Gasteiger partial charge in [-0.25, -0.2) is 28.1 Å². The Labute approximate surface area is 239 Å². The fraction of sp³-hybridized carbons (Fsp3) is 0. The molecule has 43 heavy (non-hydrogen) atoms. The lowest BCUT2D eigenvalue weighted by Crippen LogP contribution is -2.55. The summed E-state index contributed by atoms with van der Waals surface area (Å²) in [6.07, 6.45) is 1.61. The van der Waals surface area contributed by atoms with E-state index in [0.717, 1.165) is 0 Å². The largest absolute Gasteiger partial charge is 0.631 e. The summed E-state index contributed by atoms with van der Waals surface area (Å²) in [5.74, 6) is -11.2. The van der Waals surface area contributed by atoms with Crippen molar-refractivity contribution in [1.82, 2.24) is 9.29 Å². The summed E-state index contributed by atoms with van der Waals surface area (Å²) in [5, 5.41) is 9.68.